The second kappa shape index (κ2) is 7.92. The molecule has 0 spiro atoms. The van der Waals surface area contributed by atoms with E-state index in [0.717, 1.165) is 67.5 Å². The summed E-state index contributed by atoms with van der Waals surface area (Å²) in [5, 5.41) is 0. The number of imidazole rings is 2. The van der Waals surface area contributed by atoms with Crippen molar-refractivity contribution in [3.05, 3.63) is 109 Å². The number of fused-ring (bicyclic) bond motifs is 16. The molecular weight excluding hydrogens is 440 g/mol. The molecule has 0 aliphatic carbocycles. The zero-order valence-corrected chi connectivity index (χ0v) is 20.2. The third-order valence-corrected chi connectivity index (χ3v) is 7.02. The van der Waals surface area contributed by atoms with E-state index in [9.17, 15) is 0 Å². The van der Waals surface area contributed by atoms with E-state index in [1.165, 1.54) is 0 Å². The Morgan fingerprint density at radius 2 is 0.833 bits per heavy atom. The first kappa shape index (κ1) is 20.7. The van der Waals surface area contributed by atoms with Crippen molar-refractivity contribution in [2.75, 3.05) is 0 Å². The average Bonchev–Trinajstić information content (AvgIpc) is 3.51. The molecule has 0 radical (unpaired) electrons. The largest absolute Gasteiger partial charge is 0.333 e. The molecule has 172 valence electrons. The fraction of sp³-hybridized carbons (Fsp3) is 0.0625. The molecule has 4 heteroatoms. The molecule has 4 aromatic carbocycles. The molecule has 0 amide bonds. The Balaban J connectivity index is 1.57. The number of nitrogens with zero attached hydrogens (tertiary/aromatic N) is 4. The second-order valence-electron chi connectivity index (χ2n) is 9.37. The molecule has 0 atom stereocenters. The quantitative estimate of drug-likeness (QED) is 0.233. The van der Waals surface area contributed by atoms with Crippen LogP contribution in [0, 0.1) is 0 Å². The molecule has 0 saturated carbocycles. The Bertz CT molecular complexity index is 1640. The molecule has 0 fully saturated rings. The lowest BCUT2D eigenvalue weighted by molar-refractivity contribution is 0.925. The normalized spacial score (nSPS) is 11.6. The summed E-state index contributed by atoms with van der Waals surface area (Å²) in [6.45, 7) is 0. The van der Waals surface area contributed by atoms with Gasteiger partial charge < -0.3 is 9.13 Å². The van der Waals surface area contributed by atoms with Crippen LogP contribution in [-0.2, 0) is 14.1 Å². The highest BCUT2D eigenvalue weighted by molar-refractivity contribution is 5.87. The van der Waals surface area contributed by atoms with Gasteiger partial charge in [0.05, 0.1) is 11.4 Å². The van der Waals surface area contributed by atoms with Crippen LogP contribution in [0.15, 0.2) is 109 Å². The number of aromatic nitrogens is 4. The van der Waals surface area contributed by atoms with Crippen molar-refractivity contribution in [3.63, 3.8) is 0 Å². The first-order valence-corrected chi connectivity index (χ1v) is 12.1. The molecule has 4 nitrogen and oxygen atoms in total. The first-order chi connectivity index (χ1) is 17.7. The summed E-state index contributed by atoms with van der Waals surface area (Å²) >= 11 is 0. The number of rotatable bonds is 0. The van der Waals surface area contributed by atoms with Crippen molar-refractivity contribution in [3.8, 4) is 67.5 Å². The summed E-state index contributed by atoms with van der Waals surface area (Å²) in [4.78, 5) is 10.2. The molecule has 1 aliphatic rings. The predicted molar refractivity (Wildman–Crippen MR) is 146 cm³/mol. The van der Waals surface area contributed by atoms with Gasteiger partial charge >= 0.3 is 0 Å². The highest BCUT2D eigenvalue weighted by Crippen LogP contribution is 2.38. The molecule has 1 aliphatic heterocycles. The number of hydrogen-bond acceptors (Lipinski definition) is 2. The monoisotopic (exact) mass is 464 g/mol. The van der Waals surface area contributed by atoms with Crippen molar-refractivity contribution in [2.45, 2.75) is 0 Å². The van der Waals surface area contributed by atoms with E-state index >= 15 is 0 Å². The summed E-state index contributed by atoms with van der Waals surface area (Å²) in [7, 11) is 4.14. The highest BCUT2D eigenvalue weighted by Gasteiger charge is 2.18. The third-order valence-electron chi connectivity index (χ3n) is 7.02. The van der Waals surface area contributed by atoms with Gasteiger partial charge in [0.25, 0.3) is 0 Å². The predicted octanol–water partition coefficient (Wildman–Crippen LogP) is 7.47. The molecule has 2 aromatic heterocycles. The molecule has 0 N–H and O–H groups in total. The van der Waals surface area contributed by atoms with Crippen LogP contribution in [0.2, 0.25) is 0 Å². The van der Waals surface area contributed by atoms with E-state index in [4.69, 9.17) is 9.97 Å². The minimum atomic E-state index is 0.945. The van der Waals surface area contributed by atoms with E-state index in [1.807, 2.05) is 0 Å². The van der Waals surface area contributed by atoms with Crippen LogP contribution in [0.25, 0.3) is 67.5 Å². The van der Waals surface area contributed by atoms with Crippen molar-refractivity contribution in [2.24, 2.45) is 14.1 Å². The topological polar surface area (TPSA) is 35.6 Å². The molecule has 7 rings (SSSR count). The zero-order valence-electron chi connectivity index (χ0n) is 20.2. The highest BCUT2D eigenvalue weighted by atomic mass is 15.1. The van der Waals surface area contributed by atoms with Gasteiger partial charge in [0.1, 0.15) is 11.6 Å². The van der Waals surface area contributed by atoms with E-state index in [0.29, 0.717) is 0 Å². The van der Waals surface area contributed by atoms with Crippen LogP contribution in [0.4, 0.5) is 0 Å². The van der Waals surface area contributed by atoms with Gasteiger partial charge in [-0.1, -0.05) is 84.9 Å². The minimum Gasteiger partial charge on any atom is -0.333 e. The summed E-state index contributed by atoms with van der Waals surface area (Å²) in [6, 6.07) is 34.3. The fourth-order valence-corrected chi connectivity index (χ4v) is 5.30. The molecular formula is C32H24N4. The van der Waals surface area contributed by atoms with Crippen LogP contribution in [0.3, 0.4) is 0 Å². The SMILES string of the molecule is Cn1cc2nc1-c1cccc(c1)-c1ccccc1-c1cn(C)c(n1)-c1cccc(c1)-c1ccccc1-2. The Morgan fingerprint density at radius 1 is 0.444 bits per heavy atom. The lowest BCUT2D eigenvalue weighted by Gasteiger charge is -2.11. The maximum absolute atomic E-state index is 5.12. The van der Waals surface area contributed by atoms with Crippen LogP contribution in [-0.4, -0.2) is 19.1 Å². The molecule has 0 saturated heterocycles. The number of hydrogen-bond donors (Lipinski definition) is 0. The second-order valence-corrected chi connectivity index (χ2v) is 9.37. The van der Waals surface area contributed by atoms with Crippen LogP contribution >= 0.6 is 0 Å². The smallest absolute Gasteiger partial charge is 0.140 e. The Hall–Kier alpha value is -4.70. The Morgan fingerprint density at radius 3 is 1.28 bits per heavy atom. The average molecular weight is 465 g/mol. The van der Waals surface area contributed by atoms with Gasteiger partial charge in [-0.3, -0.25) is 0 Å². The van der Waals surface area contributed by atoms with E-state index < -0.39 is 0 Å². The lowest BCUT2D eigenvalue weighted by Crippen LogP contribution is -1.92. The fourth-order valence-electron chi connectivity index (χ4n) is 5.30. The standard InChI is InChI=1S/C32H24N4/c1-35-19-29-27-15-5-3-13-25(27)22-10-8-12-24(18-22)32-34-30(20-36(32)2)28-16-6-4-14-26(28)21-9-7-11-23(17-21)31(35)33-29/h3-20H,1-2H3. The first-order valence-electron chi connectivity index (χ1n) is 12.1. The van der Waals surface area contributed by atoms with E-state index in [-0.39, 0.29) is 0 Å². The van der Waals surface area contributed by atoms with Crippen LogP contribution in [0.1, 0.15) is 0 Å². The molecule has 0 unspecified atom stereocenters. The van der Waals surface area contributed by atoms with Gasteiger partial charge in [-0.25, -0.2) is 9.97 Å². The number of aryl methyl sites for hydroxylation is 2. The van der Waals surface area contributed by atoms with Crippen LogP contribution < -0.4 is 0 Å². The molecule has 3 heterocycles. The van der Waals surface area contributed by atoms with Gasteiger partial charge in [0, 0.05) is 48.7 Å². The summed E-state index contributed by atoms with van der Waals surface area (Å²) in [5.74, 6) is 1.89. The maximum atomic E-state index is 5.12. The minimum absolute atomic E-state index is 0.945. The Kier molecular flexibility index (Phi) is 4.55. The number of benzene rings is 4. The van der Waals surface area contributed by atoms with Gasteiger partial charge in [-0.05, 0) is 34.4 Å². The molecule has 36 heavy (non-hydrogen) atoms. The van der Waals surface area contributed by atoms with Crippen molar-refractivity contribution < 1.29 is 0 Å². The lowest BCUT2D eigenvalue weighted by atomic mass is 9.96. The van der Waals surface area contributed by atoms with E-state index in [2.05, 4.69) is 133 Å². The summed E-state index contributed by atoms with van der Waals surface area (Å²) < 4.78 is 4.24. The summed E-state index contributed by atoms with van der Waals surface area (Å²) in [6.07, 6.45) is 4.25. The summed E-state index contributed by atoms with van der Waals surface area (Å²) in [5.41, 5.74) is 10.9. The molecule has 6 aromatic rings. The van der Waals surface area contributed by atoms with Crippen LogP contribution in [0.5, 0.6) is 0 Å². The van der Waals surface area contributed by atoms with Crippen molar-refractivity contribution in [1.82, 2.24) is 19.1 Å². The van der Waals surface area contributed by atoms with Crippen molar-refractivity contribution >= 4 is 0 Å². The van der Waals surface area contributed by atoms with E-state index in [1.54, 1.807) is 0 Å². The van der Waals surface area contributed by atoms with Gasteiger partial charge in [0.2, 0.25) is 0 Å². The van der Waals surface area contributed by atoms with Gasteiger partial charge in [-0.2, -0.15) is 0 Å². The Labute approximate surface area is 210 Å². The zero-order chi connectivity index (χ0) is 24.2. The van der Waals surface area contributed by atoms with Gasteiger partial charge in [-0.15, -0.1) is 0 Å². The molecule has 8 bridgehead atoms. The maximum Gasteiger partial charge on any atom is 0.140 e. The van der Waals surface area contributed by atoms with Crippen molar-refractivity contribution in [1.29, 1.82) is 0 Å². The van der Waals surface area contributed by atoms with Gasteiger partial charge in [0.15, 0.2) is 0 Å². The third kappa shape index (κ3) is 3.23.